The van der Waals surface area contributed by atoms with Gasteiger partial charge in [0.1, 0.15) is 24.2 Å². The number of carbonyl (C=O) groups is 2. The van der Waals surface area contributed by atoms with Crippen LogP contribution in [0.25, 0.3) is 0 Å². The lowest BCUT2D eigenvalue weighted by Crippen LogP contribution is -2.47. The third-order valence-corrected chi connectivity index (χ3v) is 7.42. The summed E-state index contributed by atoms with van der Waals surface area (Å²) in [6.07, 6.45) is -0.461. The van der Waals surface area contributed by atoms with Crippen molar-refractivity contribution in [3.05, 3.63) is 102 Å². The first kappa shape index (κ1) is 35.7. The number of carbonyl (C=O) groups excluding carboxylic acids is 2. The minimum Gasteiger partial charge on any atom is -0.493 e. The van der Waals surface area contributed by atoms with Crippen LogP contribution in [-0.4, -0.2) is 66.9 Å². The number of aliphatic hydroxyl groups excluding tert-OH is 1. The first-order valence-corrected chi connectivity index (χ1v) is 16.2. The second-order valence-electron chi connectivity index (χ2n) is 12.4. The van der Waals surface area contributed by atoms with Gasteiger partial charge in [-0.1, -0.05) is 72.8 Å². The zero-order valence-electron chi connectivity index (χ0n) is 27.5. The van der Waals surface area contributed by atoms with Crippen molar-refractivity contribution in [2.45, 2.75) is 70.6 Å². The first-order valence-electron chi connectivity index (χ1n) is 16.2. The predicted octanol–water partition coefficient (Wildman–Crippen LogP) is 5.62. The Bertz CT molecular complexity index is 1350. The molecule has 3 atom stereocenters. The van der Waals surface area contributed by atoms with E-state index in [1.54, 1.807) is 45.0 Å². The molecule has 2 amide bonds. The van der Waals surface area contributed by atoms with Gasteiger partial charge in [-0.05, 0) is 62.4 Å². The Kier molecular flexibility index (Phi) is 13.9. The van der Waals surface area contributed by atoms with Crippen LogP contribution in [0.15, 0.2) is 84.9 Å². The minimum absolute atomic E-state index is 0.133. The number of morpholine rings is 1. The largest absolute Gasteiger partial charge is 0.493 e. The van der Waals surface area contributed by atoms with E-state index in [0.29, 0.717) is 37.4 Å². The van der Waals surface area contributed by atoms with Crippen molar-refractivity contribution in [1.82, 2.24) is 21.1 Å². The highest BCUT2D eigenvalue weighted by Crippen LogP contribution is 2.24. The SMILES string of the molecule is CC(C)(C)OC(=O)NN(CCCC(NC(=O)OCc1ccccc1)c1ccccc1)C(O)c1ccc(OCCC2CNCCO2)cc1. The molecule has 47 heavy (non-hydrogen) atoms. The van der Waals surface area contributed by atoms with E-state index in [9.17, 15) is 14.7 Å². The fourth-order valence-electron chi connectivity index (χ4n) is 5.07. The van der Waals surface area contributed by atoms with Crippen molar-refractivity contribution in [1.29, 1.82) is 0 Å². The molecule has 11 nitrogen and oxygen atoms in total. The van der Waals surface area contributed by atoms with Crippen molar-refractivity contribution in [2.24, 2.45) is 0 Å². The average molecular weight is 649 g/mol. The fraction of sp³-hybridized carbons (Fsp3) is 0.444. The van der Waals surface area contributed by atoms with Crippen molar-refractivity contribution in [3.63, 3.8) is 0 Å². The minimum atomic E-state index is -1.17. The number of rotatable bonds is 15. The first-order chi connectivity index (χ1) is 22.7. The summed E-state index contributed by atoms with van der Waals surface area (Å²) in [4.78, 5) is 25.5. The highest BCUT2D eigenvalue weighted by atomic mass is 16.6. The topological polar surface area (TPSA) is 131 Å². The lowest BCUT2D eigenvalue weighted by molar-refractivity contribution is -0.0448. The highest BCUT2D eigenvalue weighted by molar-refractivity contribution is 5.68. The van der Waals surface area contributed by atoms with Crippen LogP contribution in [0, 0.1) is 0 Å². The Hall–Kier alpha value is -4.16. The van der Waals surface area contributed by atoms with Gasteiger partial charge < -0.3 is 34.7 Å². The molecule has 0 saturated carbocycles. The predicted molar refractivity (Wildman–Crippen MR) is 178 cm³/mol. The maximum Gasteiger partial charge on any atom is 0.422 e. The number of ether oxygens (including phenoxy) is 4. The molecule has 1 fully saturated rings. The number of hydrogen-bond acceptors (Lipinski definition) is 9. The smallest absolute Gasteiger partial charge is 0.422 e. The van der Waals surface area contributed by atoms with Crippen molar-refractivity contribution < 1.29 is 33.6 Å². The van der Waals surface area contributed by atoms with E-state index in [4.69, 9.17) is 18.9 Å². The molecule has 1 saturated heterocycles. The molecule has 1 aliphatic heterocycles. The molecule has 4 rings (SSSR count). The van der Waals surface area contributed by atoms with Crippen molar-refractivity contribution in [2.75, 3.05) is 32.8 Å². The number of hydrazine groups is 1. The Morgan fingerprint density at radius 2 is 1.68 bits per heavy atom. The quantitative estimate of drug-likeness (QED) is 0.122. The molecule has 3 unspecified atom stereocenters. The van der Waals surface area contributed by atoms with Crippen LogP contribution in [-0.2, 0) is 20.8 Å². The third-order valence-electron chi connectivity index (χ3n) is 7.42. The molecule has 0 spiro atoms. The van der Waals surface area contributed by atoms with Crippen molar-refractivity contribution >= 4 is 12.2 Å². The molecule has 0 bridgehead atoms. The molecule has 4 N–H and O–H groups in total. The van der Waals surface area contributed by atoms with E-state index < -0.39 is 24.0 Å². The lowest BCUT2D eigenvalue weighted by Gasteiger charge is -2.30. The summed E-state index contributed by atoms with van der Waals surface area (Å²) in [6, 6.07) is 25.9. The van der Waals surface area contributed by atoms with Gasteiger partial charge in [-0.3, -0.25) is 5.43 Å². The van der Waals surface area contributed by atoms with Gasteiger partial charge in [-0.2, -0.15) is 5.01 Å². The molecule has 3 aromatic carbocycles. The third kappa shape index (κ3) is 12.9. The molecular weight excluding hydrogens is 600 g/mol. The van der Waals surface area contributed by atoms with Crippen LogP contribution in [0.1, 0.15) is 69.0 Å². The van der Waals surface area contributed by atoms with E-state index in [1.165, 1.54) is 5.01 Å². The molecule has 254 valence electrons. The van der Waals surface area contributed by atoms with Crippen LogP contribution in [0.3, 0.4) is 0 Å². The molecular formula is C36H48N4O7. The van der Waals surface area contributed by atoms with Crippen LogP contribution >= 0.6 is 0 Å². The number of nitrogens with zero attached hydrogens (tertiary/aromatic N) is 1. The van der Waals surface area contributed by atoms with Crippen LogP contribution in [0.4, 0.5) is 9.59 Å². The van der Waals surface area contributed by atoms with E-state index in [1.807, 2.05) is 60.7 Å². The summed E-state index contributed by atoms with van der Waals surface area (Å²) in [5.74, 6) is 0.673. The van der Waals surface area contributed by atoms with E-state index in [-0.39, 0.29) is 25.3 Å². The van der Waals surface area contributed by atoms with E-state index in [0.717, 1.165) is 30.6 Å². The Morgan fingerprint density at radius 3 is 2.34 bits per heavy atom. The molecule has 11 heteroatoms. The number of nitrogens with one attached hydrogen (secondary N) is 3. The van der Waals surface area contributed by atoms with Gasteiger partial charge in [0.2, 0.25) is 0 Å². The highest BCUT2D eigenvalue weighted by Gasteiger charge is 2.25. The van der Waals surface area contributed by atoms with Gasteiger partial charge in [0.05, 0.1) is 25.4 Å². The summed E-state index contributed by atoms with van der Waals surface area (Å²) in [5, 5.41) is 19.1. The monoisotopic (exact) mass is 648 g/mol. The second kappa shape index (κ2) is 18.2. The van der Waals surface area contributed by atoms with Gasteiger partial charge in [-0.15, -0.1) is 0 Å². The maximum absolute atomic E-state index is 12.8. The van der Waals surface area contributed by atoms with Gasteiger partial charge in [0, 0.05) is 26.1 Å². The van der Waals surface area contributed by atoms with Crippen LogP contribution in [0.5, 0.6) is 5.75 Å². The number of alkyl carbamates (subject to hydrolysis) is 1. The number of amides is 2. The normalized spacial score (nSPS) is 16.1. The number of benzene rings is 3. The fourth-order valence-corrected chi connectivity index (χ4v) is 5.07. The summed E-state index contributed by atoms with van der Waals surface area (Å²) < 4.78 is 22.6. The molecule has 0 aromatic heterocycles. The zero-order valence-corrected chi connectivity index (χ0v) is 27.5. The Morgan fingerprint density at radius 1 is 0.979 bits per heavy atom. The Balaban J connectivity index is 1.37. The molecule has 0 radical (unpaired) electrons. The standard InChI is InChI=1S/C36H48N4O7/c1-36(2,3)47-35(43)39-40(33(41)29-16-18-30(19-17-29)44-23-20-31-25-37-21-24-45-31)22-10-15-32(28-13-8-5-9-14-28)38-34(42)46-26-27-11-6-4-7-12-27/h4-9,11-14,16-19,31-33,37,41H,10,15,20-26H2,1-3H3,(H,38,42)(H,39,43). The molecule has 1 heterocycles. The second-order valence-corrected chi connectivity index (χ2v) is 12.4. The summed E-state index contributed by atoms with van der Waals surface area (Å²) >= 11 is 0. The van der Waals surface area contributed by atoms with Crippen molar-refractivity contribution in [3.8, 4) is 5.75 Å². The Labute approximate surface area is 277 Å². The van der Waals surface area contributed by atoms with Gasteiger partial charge in [-0.25, -0.2) is 9.59 Å². The van der Waals surface area contributed by atoms with Gasteiger partial charge in [0.25, 0.3) is 0 Å². The zero-order chi connectivity index (χ0) is 33.5. The summed E-state index contributed by atoms with van der Waals surface area (Å²) in [5.41, 5.74) is 4.36. The molecule has 3 aromatic rings. The average Bonchev–Trinajstić information content (AvgIpc) is 3.07. The maximum atomic E-state index is 12.8. The molecule has 0 aliphatic carbocycles. The number of aliphatic hydroxyl groups is 1. The summed E-state index contributed by atoms with van der Waals surface area (Å²) in [6.45, 7) is 8.64. The van der Waals surface area contributed by atoms with Crippen LogP contribution in [0.2, 0.25) is 0 Å². The van der Waals surface area contributed by atoms with Crippen LogP contribution < -0.4 is 20.8 Å². The van der Waals surface area contributed by atoms with E-state index in [2.05, 4.69) is 16.1 Å². The summed E-state index contributed by atoms with van der Waals surface area (Å²) in [7, 11) is 0. The lowest BCUT2D eigenvalue weighted by atomic mass is 10.0. The number of hydrogen-bond donors (Lipinski definition) is 4. The molecule has 1 aliphatic rings. The van der Waals surface area contributed by atoms with Gasteiger partial charge in [0.15, 0.2) is 0 Å². The van der Waals surface area contributed by atoms with E-state index >= 15 is 0 Å². The van der Waals surface area contributed by atoms with Gasteiger partial charge >= 0.3 is 12.2 Å².